The summed E-state index contributed by atoms with van der Waals surface area (Å²) in [7, 11) is 2.75. The standard InChI is InChI=1S/C22H23BrN2O7/c1-22(2,3)32-18-12(8-13(23)10-17(18)29-4)9-15-19(26)25(21(28)24-15)11-14-6-7-16(31-14)20(27)30-5/h6-10H,11H2,1-5H3,(H,24,28)/b15-9+. The Balaban J connectivity index is 1.91. The number of nitrogens with one attached hydrogen (secondary N) is 1. The van der Waals surface area contributed by atoms with Crippen LogP contribution in [0.25, 0.3) is 6.08 Å². The molecule has 1 aliphatic rings. The summed E-state index contributed by atoms with van der Waals surface area (Å²) in [5.41, 5.74) is 0.0799. The number of methoxy groups -OCH3 is 2. The van der Waals surface area contributed by atoms with Gasteiger partial charge in [-0.3, -0.25) is 9.69 Å². The first-order chi connectivity index (χ1) is 15.0. The summed E-state index contributed by atoms with van der Waals surface area (Å²) in [6.45, 7) is 5.52. The minimum Gasteiger partial charge on any atom is -0.493 e. The second-order valence-electron chi connectivity index (χ2n) is 7.88. The van der Waals surface area contributed by atoms with Crippen molar-refractivity contribution in [3.63, 3.8) is 0 Å². The monoisotopic (exact) mass is 506 g/mol. The summed E-state index contributed by atoms with van der Waals surface area (Å²) >= 11 is 3.42. The van der Waals surface area contributed by atoms with E-state index < -0.39 is 23.5 Å². The predicted octanol–water partition coefficient (Wildman–Crippen LogP) is 4.11. The molecule has 0 bridgehead atoms. The van der Waals surface area contributed by atoms with Gasteiger partial charge in [0.25, 0.3) is 5.91 Å². The Kier molecular flexibility index (Phi) is 6.63. The van der Waals surface area contributed by atoms with Crippen molar-refractivity contribution in [2.24, 2.45) is 0 Å². The Hall–Kier alpha value is -3.27. The fourth-order valence-corrected chi connectivity index (χ4v) is 3.42. The van der Waals surface area contributed by atoms with Crippen LogP contribution in [0.2, 0.25) is 0 Å². The van der Waals surface area contributed by atoms with Crippen molar-refractivity contribution in [2.45, 2.75) is 32.9 Å². The average Bonchev–Trinajstić information content (AvgIpc) is 3.29. The van der Waals surface area contributed by atoms with E-state index in [1.807, 2.05) is 20.8 Å². The molecule has 3 amide bonds. The lowest BCUT2D eigenvalue weighted by atomic mass is 10.1. The molecular weight excluding hydrogens is 484 g/mol. The molecule has 1 saturated heterocycles. The minimum atomic E-state index is -0.649. The molecule has 9 nitrogen and oxygen atoms in total. The number of ether oxygens (including phenoxy) is 3. The number of nitrogens with zero attached hydrogens (tertiary/aromatic N) is 1. The molecule has 10 heteroatoms. The number of benzene rings is 1. The Morgan fingerprint density at radius 2 is 1.94 bits per heavy atom. The lowest BCUT2D eigenvalue weighted by Crippen LogP contribution is -2.30. The molecule has 1 aromatic carbocycles. The number of hydrogen-bond donors (Lipinski definition) is 1. The first kappa shape index (κ1) is 23.4. The van der Waals surface area contributed by atoms with Gasteiger partial charge >= 0.3 is 12.0 Å². The third-order valence-electron chi connectivity index (χ3n) is 4.30. The Morgan fingerprint density at radius 1 is 1.22 bits per heavy atom. The predicted molar refractivity (Wildman–Crippen MR) is 118 cm³/mol. The fourth-order valence-electron chi connectivity index (χ4n) is 2.96. The SMILES string of the molecule is COC(=O)c1ccc(CN2C(=O)N/C(=C/c3cc(Br)cc(OC)c3OC(C)(C)C)C2=O)o1. The van der Waals surface area contributed by atoms with Gasteiger partial charge in [0.15, 0.2) is 11.5 Å². The van der Waals surface area contributed by atoms with E-state index in [-0.39, 0.29) is 23.8 Å². The molecule has 0 radical (unpaired) electrons. The van der Waals surface area contributed by atoms with Crippen molar-refractivity contribution < 1.29 is 33.0 Å². The Morgan fingerprint density at radius 3 is 2.56 bits per heavy atom. The van der Waals surface area contributed by atoms with Crippen molar-refractivity contribution in [1.29, 1.82) is 0 Å². The van der Waals surface area contributed by atoms with E-state index in [1.165, 1.54) is 32.4 Å². The van der Waals surface area contributed by atoms with Gasteiger partial charge in [-0.15, -0.1) is 0 Å². The zero-order chi connectivity index (χ0) is 23.6. The van der Waals surface area contributed by atoms with Crippen LogP contribution in [-0.2, 0) is 16.1 Å². The number of furan rings is 1. The molecule has 0 aliphatic carbocycles. The van der Waals surface area contributed by atoms with Crippen LogP contribution >= 0.6 is 15.9 Å². The van der Waals surface area contributed by atoms with Gasteiger partial charge in [-0.05, 0) is 51.1 Å². The van der Waals surface area contributed by atoms with Crippen molar-refractivity contribution in [2.75, 3.05) is 14.2 Å². The topological polar surface area (TPSA) is 107 Å². The van der Waals surface area contributed by atoms with Gasteiger partial charge in [0, 0.05) is 10.0 Å². The van der Waals surface area contributed by atoms with Gasteiger partial charge in [0.2, 0.25) is 5.76 Å². The van der Waals surface area contributed by atoms with Gasteiger partial charge in [0.05, 0.1) is 20.8 Å². The number of hydrogen-bond acceptors (Lipinski definition) is 7. The van der Waals surface area contributed by atoms with Crippen LogP contribution in [0, 0.1) is 0 Å². The minimum absolute atomic E-state index is 0.0180. The number of imide groups is 1. The van der Waals surface area contributed by atoms with Crippen LogP contribution in [0.1, 0.15) is 42.6 Å². The summed E-state index contributed by atoms with van der Waals surface area (Å²) in [5, 5.41) is 2.56. The summed E-state index contributed by atoms with van der Waals surface area (Å²) < 4.78 is 22.2. The van der Waals surface area contributed by atoms with Crippen LogP contribution in [0.3, 0.4) is 0 Å². The second-order valence-corrected chi connectivity index (χ2v) is 8.79. The Labute approximate surface area is 193 Å². The summed E-state index contributed by atoms with van der Waals surface area (Å²) in [5.74, 6) is -0.0482. The highest BCUT2D eigenvalue weighted by atomic mass is 79.9. The molecule has 32 heavy (non-hydrogen) atoms. The summed E-state index contributed by atoms with van der Waals surface area (Å²) in [4.78, 5) is 37.9. The molecule has 1 N–H and O–H groups in total. The van der Waals surface area contributed by atoms with Crippen LogP contribution in [0.4, 0.5) is 4.79 Å². The zero-order valence-corrected chi connectivity index (χ0v) is 19.9. The first-order valence-corrected chi connectivity index (χ1v) is 10.4. The van der Waals surface area contributed by atoms with Crippen molar-refractivity contribution in [1.82, 2.24) is 10.2 Å². The quantitative estimate of drug-likeness (QED) is 0.356. The highest BCUT2D eigenvalue weighted by Crippen LogP contribution is 2.38. The molecule has 2 aromatic rings. The maximum atomic E-state index is 12.9. The number of rotatable bonds is 6. The van der Waals surface area contributed by atoms with Crippen molar-refractivity contribution in [3.8, 4) is 11.5 Å². The highest BCUT2D eigenvalue weighted by molar-refractivity contribution is 9.10. The third kappa shape index (κ3) is 5.13. The smallest absolute Gasteiger partial charge is 0.373 e. The molecule has 1 aliphatic heterocycles. The van der Waals surface area contributed by atoms with Gasteiger partial charge in [0.1, 0.15) is 17.1 Å². The normalized spacial score (nSPS) is 15.2. The van der Waals surface area contributed by atoms with Crippen LogP contribution < -0.4 is 14.8 Å². The van der Waals surface area contributed by atoms with Crippen LogP contribution in [0.5, 0.6) is 11.5 Å². The molecular formula is C22H23BrN2O7. The van der Waals surface area contributed by atoms with Gasteiger partial charge in [-0.25, -0.2) is 9.59 Å². The number of urea groups is 1. The van der Waals surface area contributed by atoms with E-state index >= 15 is 0 Å². The van der Waals surface area contributed by atoms with Crippen molar-refractivity contribution >= 4 is 39.9 Å². The first-order valence-electron chi connectivity index (χ1n) is 9.60. The number of esters is 1. The van der Waals surface area contributed by atoms with E-state index in [9.17, 15) is 14.4 Å². The largest absolute Gasteiger partial charge is 0.493 e. The Bertz CT molecular complexity index is 1100. The molecule has 0 atom stereocenters. The van der Waals surface area contributed by atoms with E-state index in [4.69, 9.17) is 13.9 Å². The van der Waals surface area contributed by atoms with Crippen LogP contribution in [0.15, 0.2) is 38.9 Å². The molecule has 3 rings (SSSR count). The molecule has 170 valence electrons. The average molecular weight is 507 g/mol. The molecule has 1 aromatic heterocycles. The number of carbonyl (C=O) groups excluding carboxylic acids is 3. The summed E-state index contributed by atoms with van der Waals surface area (Å²) in [6, 6.07) is 5.81. The maximum absolute atomic E-state index is 12.9. The fraction of sp³-hybridized carbons (Fsp3) is 0.318. The third-order valence-corrected chi connectivity index (χ3v) is 4.76. The van der Waals surface area contributed by atoms with E-state index in [0.29, 0.717) is 21.5 Å². The molecule has 0 unspecified atom stereocenters. The number of halogens is 1. The lowest BCUT2D eigenvalue weighted by molar-refractivity contribution is -0.123. The van der Waals surface area contributed by atoms with Crippen LogP contribution in [-0.4, -0.2) is 42.6 Å². The van der Waals surface area contributed by atoms with E-state index in [0.717, 1.165) is 4.90 Å². The number of carbonyl (C=O) groups is 3. The highest BCUT2D eigenvalue weighted by Gasteiger charge is 2.35. The number of amides is 3. The van der Waals surface area contributed by atoms with E-state index in [1.54, 1.807) is 12.1 Å². The second kappa shape index (κ2) is 9.07. The molecule has 1 fully saturated rings. The summed E-state index contributed by atoms with van der Waals surface area (Å²) in [6.07, 6.45) is 1.52. The molecule has 2 heterocycles. The van der Waals surface area contributed by atoms with Gasteiger partial charge in [-0.2, -0.15) is 0 Å². The maximum Gasteiger partial charge on any atom is 0.373 e. The van der Waals surface area contributed by atoms with Crippen molar-refractivity contribution in [3.05, 3.63) is 51.5 Å². The lowest BCUT2D eigenvalue weighted by Gasteiger charge is -2.24. The van der Waals surface area contributed by atoms with Gasteiger partial charge < -0.3 is 23.9 Å². The van der Waals surface area contributed by atoms with Gasteiger partial charge in [-0.1, -0.05) is 15.9 Å². The zero-order valence-electron chi connectivity index (χ0n) is 18.3. The van der Waals surface area contributed by atoms with E-state index in [2.05, 4.69) is 26.0 Å². The molecule has 0 spiro atoms. The molecule has 0 saturated carbocycles.